The van der Waals surface area contributed by atoms with Crippen molar-refractivity contribution in [3.05, 3.63) is 33.3 Å². The lowest BCUT2D eigenvalue weighted by Crippen LogP contribution is -2.35. The summed E-state index contributed by atoms with van der Waals surface area (Å²) >= 11 is 9.51. The first-order valence-corrected chi connectivity index (χ1v) is 7.70. The summed E-state index contributed by atoms with van der Waals surface area (Å²) in [6.45, 7) is 2.33. The maximum Gasteiger partial charge on any atom is 0.0548 e. The Hall–Kier alpha value is -0.0900. The maximum atomic E-state index is 6.03. The highest BCUT2D eigenvalue weighted by atomic mass is 79.9. The third-order valence-electron chi connectivity index (χ3n) is 4.01. The van der Waals surface area contributed by atoms with Crippen LogP contribution in [0, 0.1) is 11.8 Å². The summed E-state index contributed by atoms with van der Waals surface area (Å²) in [6, 6.07) is 6.29. The van der Waals surface area contributed by atoms with Crippen LogP contribution >= 0.6 is 27.5 Å². The minimum absolute atomic E-state index is 0.228. The van der Waals surface area contributed by atoms with Crippen molar-refractivity contribution in [1.82, 2.24) is 5.43 Å². The zero-order valence-electron chi connectivity index (χ0n) is 10.6. The van der Waals surface area contributed by atoms with Gasteiger partial charge in [0.25, 0.3) is 0 Å². The molecule has 1 aromatic rings. The molecule has 0 amide bonds. The molecule has 0 saturated heterocycles. The maximum absolute atomic E-state index is 6.03. The number of hydrogen-bond acceptors (Lipinski definition) is 2. The number of nitrogens with two attached hydrogens (primary N) is 1. The molecule has 4 heteroatoms. The largest absolute Gasteiger partial charge is 0.271 e. The molecule has 1 unspecified atom stereocenters. The molecule has 1 aromatic carbocycles. The van der Waals surface area contributed by atoms with Gasteiger partial charge >= 0.3 is 0 Å². The summed E-state index contributed by atoms with van der Waals surface area (Å²) in [5, 5.41) is 0.742. The van der Waals surface area contributed by atoms with Crippen LogP contribution in [0.4, 0.5) is 0 Å². The van der Waals surface area contributed by atoms with Gasteiger partial charge in [-0.25, -0.2) is 0 Å². The highest BCUT2D eigenvalue weighted by Crippen LogP contribution is 2.37. The smallest absolute Gasteiger partial charge is 0.0548 e. The fraction of sp³-hybridized carbons (Fsp3) is 0.571. The monoisotopic (exact) mass is 330 g/mol. The Morgan fingerprint density at radius 1 is 1.33 bits per heavy atom. The van der Waals surface area contributed by atoms with Gasteiger partial charge in [-0.1, -0.05) is 37.4 Å². The van der Waals surface area contributed by atoms with Crippen LogP contribution in [0.2, 0.25) is 5.02 Å². The number of rotatable bonds is 3. The summed E-state index contributed by atoms with van der Waals surface area (Å²) in [5.41, 5.74) is 4.20. The predicted molar refractivity (Wildman–Crippen MR) is 80.3 cm³/mol. The van der Waals surface area contributed by atoms with E-state index in [0.29, 0.717) is 5.92 Å². The van der Waals surface area contributed by atoms with E-state index in [4.69, 9.17) is 17.4 Å². The van der Waals surface area contributed by atoms with Gasteiger partial charge in [0.1, 0.15) is 0 Å². The van der Waals surface area contributed by atoms with E-state index >= 15 is 0 Å². The van der Waals surface area contributed by atoms with Gasteiger partial charge in [-0.2, -0.15) is 0 Å². The standard InChI is InChI=1S/C14H20BrClN2/c1-9-2-4-10(5-3-9)14(18-17)11-6-7-13(16)12(15)8-11/h6-10,14,18H,2-5,17H2,1H3. The summed E-state index contributed by atoms with van der Waals surface area (Å²) in [6.07, 6.45) is 5.10. The van der Waals surface area contributed by atoms with Gasteiger partial charge in [-0.3, -0.25) is 11.3 Å². The number of nitrogens with one attached hydrogen (secondary N) is 1. The van der Waals surface area contributed by atoms with E-state index in [0.717, 1.165) is 15.4 Å². The van der Waals surface area contributed by atoms with Crippen molar-refractivity contribution >= 4 is 27.5 Å². The van der Waals surface area contributed by atoms with Crippen LogP contribution in [0.5, 0.6) is 0 Å². The van der Waals surface area contributed by atoms with Crippen LogP contribution in [0.3, 0.4) is 0 Å². The predicted octanol–water partition coefficient (Wildman–Crippen LogP) is 4.43. The SMILES string of the molecule is CC1CCC(C(NN)c2ccc(Cl)c(Br)c2)CC1. The first-order chi connectivity index (χ1) is 8.61. The van der Waals surface area contributed by atoms with Crippen molar-refractivity contribution < 1.29 is 0 Å². The number of benzene rings is 1. The third kappa shape index (κ3) is 3.27. The minimum atomic E-state index is 0.228. The molecule has 3 N–H and O–H groups in total. The molecule has 0 aromatic heterocycles. The molecule has 1 atom stereocenters. The lowest BCUT2D eigenvalue weighted by Gasteiger charge is -2.32. The molecule has 1 saturated carbocycles. The van der Waals surface area contributed by atoms with Crippen molar-refractivity contribution in [2.45, 2.75) is 38.6 Å². The molecule has 0 spiro atoms. The Balaban J connectivity index is 2.14. The fourth-order valence-electron chi connectivity index (χ4n) is 2.83. The Morgan fingerprint density at radius 2 is 2.00 bits per heavy atom. The van der Waals surface area contributed by atoms with Crippen molar-refractivity contribution in [1.29, 1.82) is 0 Å². The average molecular weight is 332 g/mol. The summed E-state index contributed by atoms with van der Waals surface area (Å²) in [4.78, 5) is 0. The number of hydrazine groups is 1. The second-order valence-corrected chi connectivity index (χ2v) is 6.60. The first kappa shape index (κ1) is 14.3. The summed E-state index contributed by atoms with van der Waals surface area (Å²) in [5.74, 6) is 7.24. The highest BCUT2D eigenvalue weighted by molar-refractivity contribution is 9.10. The lowest BCUT2D eigenvalue weighted by atomic mass is 9.77. The van der Waals surface area contributed by atoms with Crippen molar-refractivity contribution in [3.8, 4) is 0 Å². The van der Waals surface area contributed by atoms with Gasteiger partial charge in [-0.05, 0) is 58.3 Å². The molecule has 0 aliphatic heterocycles. The highest BCUT2D eigenvalue weighted by Gasteiger charge is 2.26. The molecular weight excluding hydrogens is 312 g/mol. The van der Waals surface area contributed by atoms with Crippen molar-refractivity contribution in [2.24, 2.45) is 17.7 Å². The zero-order valence-corrected chi connectivity index (χ0v) is 13.0. The van der Waals surface area contributed by atoms with E-state index in [9.17, 15) is 0 Å². The van der Waals surface area contributed by atoms with Gasteiger partial charge in [-0.15, -0.1) is 0 Å². The second kappa shape index (κ2) is 6.38. The van der Waals surface area contributed by atoms with Crippen LogP contribution < -0.4 is 11.3 Å². The quantitative estimate of drug-likeness (QED) is 0.635. The van der Waals surface area contributed by atoms with Crippen molar-refractivity contribution in [2.75, 3.05) is 0 Å². The first-order valence-electron chi connectivity index (χ1n) is 6.53. The van der Waals surface area contributed by atoms with Crippen LogP contribution in [-0.4, -0.2) is 0 Å². The molecule has 2 rings (SSSR count). The molecule has 0 heterocycles. The molecular formula is C14H20BrClN2. The molecule has 2 nitrogen and oxygen atoms in total. The Morgan fingerprint density at radius 3 is 2.56 bits per heavy atom. The van der Waals surface area contributed by atoms with Crippen LogP contribution in [0.25, 0.3) is 0 Å². The topological polar surface area (TPSA) is 38.0 Å². The van der Waals surface area contributed by atoms with Crippen molar-refractivity contribution in [3.63, 3.8) is 0 Å². The lowest BCUT2D eigenvalue weighted by molar-refractivity contribution is 0.232. The molecule has 1 aliphatic rings. The average Bonchev–Trinajstić information content (AvgIpc) is 2.37. The Kier molecular flexibility index (Phi) is 5.07. The van der Waals surface area contributed by atoms with Gasteiger partial charge in [0, 0.05) is 10.5 Å². The second-order valence-electron chi connectivity index (χ2n) is 5.34. The third-order valence-corrected chi connectivity index (χ3v) is 5.23. The zero-order chi connectivity index (χ0) is 13.1. The normalized spacial score (nSPS) is 26.0. The summed E-state index contributed by atoms with van der Waals surface area (Å²) in [7, 11) is 0. The minimum Gasteiger partial charge on any atom is -0.271 e. The van der Waals surface area contributed by atoms with Crippen LogP contribution in [-0.2, 0) is 0 Å². The van der Waals surface area contributed by atoms with Gasteiger partial charge < -0.3 is 0 Å². The molecule has 100 valence electrons. The van der Waals surface area contributed by atoms with Gasteiger partial charge in [0.15, 0.2) is 0 Å². The number of halogens is 2. The van der Waals surface area contributed by atoms with Crippen LogP contribution in [0.1, 0.15) is 44.2 Å². The van der Waals surface area contributed by atoms with E-state index in [2.05, 4.69) is 40.4 Å². The van der Waals surface area contributed by atoms with Crippen LogP contribution in [0.15, 0.2) is 22.7 Å². The summed E-state index contributed by atoms with van der Waals surface area (Å²) < 4.78 is 0.936. The molecule has 18 heavy (non-hydrogen) atoms. The fourth-order valence-corrected chi connectivity index (χ4v) is 3.34. The van der Waals surface area contributed by atoms with Gasteiger partial charge in [0.2, 0.25) is 0 Å². The van der Waals surface area contributed by atoms with E-state index in [-0.39, 0.29) is 6.04 Å². The molecule has 1 fully saturated rings. The Labute approximate surface area is 122 Å². The van der Waals surface area contributed by atoms with E-state index < -0.39 is 0 Å². The van der Waals surface area contributed by atoms with E-state index in [1.54, 1.807) is 0 Å². The number of hydrogen-bond donors (Lipinski definition) is 2. The van der Waals surface area contributed by atoms with Gasteiger partial charge in [0.05, 0.1) is 5.02 Å². The van der Waals surface area contributed by atoms with E-state index in [1.807, 2.05) is 6.07 Å². The Bertz CT molecular complexity index is 403. The molecule has 0 bridgehead atoms. The molecule has 1 aliphatic carbocycles. The molecule has 0 radical (unpaired) electrons. The van der Waals surface area contributed by atoms with E-state index in [1.165, 1.54) is 31.2 Å².